The van der Waals surface area contributed by atoms with Crippen LogP contribution in [0.5, 0.6) is 5.75 Å². The second-order valence-electron chi connectivity index (χ2n) is 8.82. The highest BCUT2D eigenvalue weighted by Crippen LogP contribution is 2.12. The van der Waals surface area contributed by atoms with E-state index in [1.807, 2.05) is 13.8 Å². The maximum atomic E-state index is 13.1. The Bertz CT molecular complexity index is 926. The van der Waals surface area contributed by atoms with E-state index in [9.17, 15) is 34.2 Å². The van der Waals surface area contributed by atoms with Crippen molar-refractivity contribution in [2.45, 2.75) is 63.7 Å². The van der Waals surface area contributed by atoms with E-state index in [2.05, 4.69) is 28.6 Å². The third kappa shape index (κ3) is 11.0. The van der Waals surface area contributed by atoms with Crippen molar-refractivity contribution in [3.05, 3.63) is 29.8 Å². The fourth-order valence-corrected chi connectivity index (χ4v) is 3.47. The zero-order valence-corrected chi connectivity index (χ0v) is 21.2. The van der Waals surface area contributed by atoms with Gasteiger partial charge in [-0.05, 0) is 36.5 Å². The molecule has 0 aromatic heterocycles. The van der Waals surface area contributed by atoms with E-state index in [0.29, 0.717) is 5.56 Å². The van der Waals surface area contributed by atoms with Gasteiger partial charge in [0, 0.05) is 18.6 Å². The van der Waals surface area contributed by atoms with Crippen molar-refractivity contribution in [3.8, 4) is 5.75 Å². The Hall–Kier alpha value is -3.32. The van der Waals surface area contributed by atoms with Crippen LogP contribution in [0.25, 0.3) is 0 Å². The SMILES string of the molecule is CC(C)CC(NC(=O)C(CS)NC(=O)C(Cc1ccc(O)cc1)NC(=O)C(N)CCC(N)=O)C(=O)O. The number of hydrogen-bond acceptors (Lipinski definition) is 8. The van der Waals surface area contributed by atoms with Crippen molar-refractivity contribution < 1.29 is 34.2 Å². The fourth-order valence-electron chi connectivity index (χ4n) is 3.22. The summed E-state index contributed by atoms with van der Waals surface area (Å²) in [7, 11) is 0. The van der Waals surface area contributed by atoms with Crippen LogP contribution in [-0.4, -0.2) is 69.7 Å². The van der Waals surface area contributed by atoms with E-state index in [1.54, 1.807) is 12.1 Å². The predicted octanol–water partition coefficient (Wildman–Crippen LogP) is -0.958. The molecule has 0 saturated heterocycles. The number of thiol groups is 1. The minimum absolute atomic E-state index is 0.000817. The number of primary amides is 1. The molecule has 36 heavy (non-hydrogen) atoms. The molecule has 1 aromatic rings. The monoisotopic (exact) mass is 525 g/mol. The summed E-state index contributed by atoms with van der Waals surface area (Å²) in [6.45, 7) is 3.62. The molecule has 0 aliphatic rings. The van der Waals surface area contributed by atoms with Crippen LogP contribution in [0.2, 0.25) is 0 Å². The van der Waals surface area contributed by atoms with Gasteiger partial charge in [0.05, 0.1) is 6.04 Å². The number of carbonyl (C=O) groups excluding carboxylic acids is 4. The lowest BCUT2D eigenvalue weighted by atomic mass is 10.0. The first-order valence-electron chi connectivity index (χ1n) is 11.4. The van der Waals surface area contributed by atoms with Gasteiger partial charge in [0.2, 0.25) is 23.6 Å². The van der Waals surface area contributed by atoms with Crippen LogP contribution >= 0.6 is 12.6 Å². The number of nitrogens with two attached hydrogens (primary N) is 2. The molecule has 4 amide bonds. The number of hydrogen-bond donors (Lipinski definition) is 8. The number of carboxylic acid groups (broad SMARTS) is 1. The third-order valence-corrected chi connectivity index (χ3v) is 5.55. The maximum absolute atomic E-state index is 13.1. The lowest BCUT2D eigenvalue weighted by Crippen LogP contribution is -2.58. The summed E-state index contributed by atoms with van der Waals surface area (Å²) < 4.78 is 0. The minimum atomic E-state index is -1.20. The van der Waals surface area contributed by atoms with E-state index in [1.165, 1.54) is 12.1 Å². The summed E-state index contributed by atoms with van der Waals surface area (Å²) in [4.78, 5) is 60.8. The highest BCUT2D eigenvalue weighted by Gasteiger charge is 2.30. The summed E-state index contributed by atoms with van der Waals surface area (Å²) in [5.74, 6) is -4.13. The number of aromatic hydroxyl groups is 1. The van der Waals surface area contributed by atoms with Gasteiger partial charge in [0.15, 0.2) is 0 Å². The van der Waals surface area contributed by atoms with Crippen LogP contribution in [0.1, 0.15) is 38.7 Å². The van der Waals surface area contributed by atoms with Crippen molar-refractivity contribution in [2.75, 3.05) is 5.75 Å². The smallest absolute Gasteiger partial charge is 0.326 e. The zero-order valence-electron chi connectivity index (χ0n) is 20.3. The number of amides is 4. The fraction of sp³-hybridized carbons (Fsp3) is 0.522. The Morgan fingerprint density at radius 2 is 1.44 bits per heavy atom. The molecule has 4 unspecified atom stereocenters. The quantitative estimate of drug-likeness (QED) is 0.133. The second-order valence-corrected chi connectivity index (χ2v) is 9.18. The Balaban J connectivity index is 3.01. The number of benzene rings is 1. The largest absolute Gasteiger partial charge is 0.508 e. The van der Waals surface area contributed by atoms with Crippen molar-refractivity contribution in [1.82, 2.24) is 16.0 Å². The van der Waals surface area contributed by atoms with Gasteiger partial charge in [-0.1, -0.05) is 26.0 Å². The van der Waals surface area contributed by atoms with E-state index >= 15 is 0 Å². The lowest BCUT2D eigenvalue weighted by Gasteiger charge is -2.25. The van der Waals surface area contributed by atoms with Gasteiger partial charge in [-0.2, -0.15) is 12.6 Å². The topological polar surface area (TPSA) is 214 Å². The highest BCUT2D eigenvalue weighted by molar-refractivity contribution is 7.80. The molecule has 0 fully saturated rings. The molecule has 0 aliphatic heterocycles. The predicted molar refractivity (Wildman–Crippen MR) is 135 cm³/mol. The van der Waals surface area contributed by atoms with Crippen LogP contribution in [0.3, 0.4) is 0 Å². The van der Waals surface area contributed by atoms with E-state index in [-0.39, 0.29) is 43.1 Å². The first kappa shape index (κ1) is 30.7. The van der Waals surface area contributed by atoms with Gasteiger partial charge in [-0.15, -0.1) is 0 Å². The molecule has 0 saturated carbocycles. The second kappa shape index (κ2) is 14.9. The Morgan fingerprint density at radius 1 is 0.917 bits per heavy atom. The van der Waals surface area contributed by atoms with E-state index in [4.69, 9.17) is 11.5 Å². The van der Waals surface area contributed by atoms with Crippen molar-refractivity contribution in [3.63, 3.8) is 0 Å². The van der Waals surface area contributed by atoms with Crippen LogP contribution in [0.15, 0.2) is 24.3 Å². The van der Waals surface area contributed by atoms with Crippen LogP contribution in [-0.2, 0) is 30.4 Å². The highest BCUT2D eigenvalue weighted by atomic mass is 32.1. The average Bonchev–Trinajstić information content (AvgIpc) is 2.80. The van der Waals surface area contributed by atoms with E-state index < -0.39 is 53.8 Å². The molecule has 13 heteroatoms. The Labute approximate surface area is 215 Å². The van der Waals surface area contributed by atoms with Gasteiger partial charge < -0.3 is 37.6 Å². The average molecular weight is 526 g/mol. The number of nitrogens with one attached hydrogen (secondary N) is 3. The molecule has 1 aromatic carbocycles. The Morgan fingerprint density at radius 3 is 1.94 bits per heavy atom. The summed E-state index contributed by atoms with van der Waals surface area (Å²) in [5.41, 5.74) is 11.5. The van der Waals surface area contributed by atoms with Gasteiger partial charge >= 0.3 is 5.97 Å². The van der Waals surface area contributed by atoms with Crippen LogP contribution in [0.4, 0.5) is 0 Å². The molecular formula is C23H35N5O7S. The minimum Gasteiger partial charge on any atom is -0.508 e. The van der Waals surface area contributed by atoms with Gasteiger partial charge in [-0.3, -0.25) is 19.2 Å². The van der Waals surface area contributed by atoms with Crippen molar-refractivity contribution in [1.29, 1.82) is 0 Å². The Kier molecular flexibility index (Phi) is 12.7. The van der Waals surface area contributed by atoms with Gasteiger partial charge in [0.1, 0.15) is 23.9 Å². The summed E-state index contributed by atoms with van der Waals surface area (Å²) >= 11 is 4.10. The van der Waals surface area contributed by atoms with Gasteiger partial charge in [0.25, 0.3) is 0 Å². The molecule has 4 atom stereocenters. The zero-order chi connectivity index (χ0) is 27.4. The lowest BCUT2D eigenvalue weighted by molar-refractivity contribution is -0.142. The molecule has 12 nitrogen and oxygen atoms in total. The molecule has 9 N–H and O–H groups in total. The molecule has 200 valence electrons. The molecule has 0 spiro atoms. The standard InChI is InChI=1S/C23H35N5O7S/c1-12(2)9-17(23(34)35)27-22(33)18(11-36)28-21(32)16(10-13-3-5-14(29)6-4-13)26-20(31)15(24)7-8-19(25)30/h3-6,12,15-18,29,36H,7-11,24H2,1-2H3,(H2,25,30)(H,26,31)(H,27,33)(H,28,32)(H,34,35). The van der Waals surface area contributed by atoms with Crippen LogP contribution in [0, 0.1) is 5.92 Å². The number of aliphatic carboxylic acids is 1. The van der Waals surface area contributed by atoms with E-state index in [0.717, 1.165) is 0 Å². The first-order valence-corrected chi connectivity index (χ1v) is 12.0. The number of carboxylic acids is 1. The number of carbonyl (C=O) groups is 5. The number of phenols is 1. The normalized spacial score (nSPS) is 14.2. The summed E-state index contributed by atoms with van der Waals surface area (Å²) in [6, 6.07) is 1.32. The molecule has 0 heterocycles. The summed E-state index contributed by atoms with van der Waals surface area (Å²) in [5, 5.41) is 26.3. The van der Waals surface area contributed by atoms with Crippen LogP contribution < -0.4 is 27.4 Å². The molecule has 1 rings (SSSR count). The molecule has 0 bridgehead atoms. The number of rotatable bonds is 15. The molecule has 0 radical (unpaired) electrons. The molecule has 0 aliphatic carbocycles. The maximum Gasteiger partial charge on any atom is 0.326 e. The summed E-state index contributed by atoms with van der Waals surface area (Å²) in [6.07, 6.45) is 0.0404. The number of phenolic OH excluding ortho intramolecular Hbond substituents is 1. The van der Waals surface area contributed by atoms with Crippen molar-refractivity contribution >= 4 is 42.2 Å². The first-order chi connectivity index (χ1) is 16.8. The molecular weight excluding hydrogens is 490 g/mol. The van der Waals surface area contributed by atoms with Crippen molar-refractivity contribution in [2.24, 2.45) is 17.4 Å². The third-order valence-electron chi connectivity index (χ3n) is 5.18. The van der Waals surface area contributed by atoms with Gasteiger partial charge in [-0.25, -0.2) is 4.79 Å².